The van der Waals surface area contributed by atoms with Crippen molar-refractivity contribution in [3.05, 3.63) is 53.6 Å². The van der Waals surface area contributed by atoms with Gasteiger partial charge in [-0.25, -0.2) is 0 Å². The molecule has 0 fully saturated rings. The molecule has 0 aromatic heterocycles. The zero-order chi connectivity index (χ0) is 18.9. The predicted molar refractivity (Wildman–Crippen MR) is 97.9 cm³/mol. The van der Waals surface area contributed by atoms with Crippen molar-refractivity contribution in [2.75, 3.05) is 27.4 Å². The molecular formula is C20H26O6. The predicted octanol–water partition coefficient (Wildman–Crippen LogP) is 2.10. The van der Waals surface area contributed by atoms with Gasteiger partial charge < -0.3 is 29.5 Å². The summed E-state index contributed by atoms with van der Waals surface area (Å²) in [4.78, 5) is 0. The van der Waals surface area contributed by atoms with Crippen molar-refractivity contribution in [1.82, 2.24) is 0 Å². The van der Waals surface area contributed by atoms with Crippen LogP contribution >= 0.6 is 0 Å². The van der Waals surface area contributed by atoms with Crippen LogP contribution in [0.25, 0.3) is 0 Å². The van der Waals surface area contributed by atoms with Crippen LogP contribution in [0.5, 0.6) is 17.2 Å². The number of hydrogen-bond donors (Lipinski definition) is 3. The Morgan fingerprint density at radius 3 is 2.42 bits per heavy atom. The second-order valence-corrected chi connectivity index (χ2v) is 5.87. The van der Waals surface area contributed by atoms with Gasteiger partial charge in [-0.1, -0.05) is 18.2 Å². The van der Waals surface area contributed by atoms with Crippen molar-refractivity contribution < 1.29 is 29.5 Å². The van der Waals surface area contributed by atoms with E-state index < -0.39 is 12.2 Å². The molecule has 3 N–H and O–H groups in total. The second-order valence-electron chi connectivity index (χ2n) is 5.87. The number of aliphatic hydroxyl groups excluding tert-OH is 3. The van der Waals surface area contributed by atoms with Gasteiger partial charge in [0.05, 0.1) is 20.8 Å². The number of benzene rings is 2. The Balaban J connectivity index is 2.17. The highest BCUT2D eigenvalue weighted by Crippen LogP contribution is 2.32. The maximum Gasteiger partial charge on any atom is 0.161 e. The molecule has 0 heterocycles. The fraction of sp³-hybridized carbons (Fsp3) is 0.400. The minimum Gasteiger partial charge on any atom is -0.497 e. The molecule has 0 amide bonds. The van der Waals surface area contributed by atoms with E-state index in [1.165, 1.54) is 7.11 Å². The largest absolute Gasteiger partial charge is 0.497 e. The molecule has 142 valence electrons. The molecule has 2 atom stereocenters. The van der Waals surface area contributed by atoms with Gasteiger partial charge in [0.15, 0.2) is 17.6 Å². The van der Waals surface area contributed by atoms with Crippen molar-refractivity contribution in [2.45, 2.75) is 25.0 Å². The zero-order valence-electron chi connectivity index (χ0n) is 15.1. The summed E-state index contributed by atoms with van der Waals surface area (Å²) in [7, 11) is 3.08. The standard InChI is InChI=1S/C20H26O6/c1-24-16-7-3-6-15(12-16)20(23)19(13-22)26-17-9-8-14(5-4-10-21)11-18(17)25-2/h3,6-9,11-12,19-23H,4-5,10,13H2,1-2H3/t19-,20-/m0/s1. The first-order valence-corrected chi connectivity index (χ1v) is 8.50. The smallest absolute Gasteiger partial charge is 0.161 e. The van der Waals surface area contributed by atoms with Crippen LogP contribution in [0.1, 0.15) is 23.7 Å². The van der Waals surface area contributed by atoms with Crippen molar-refractivity contribution in [3.8, 4) is 17.2 Å². The zero-order valence-corrected chi connectivity index (χ0v) is 15.1. The summed E-state index contributed by atoms with van der Waals surface area (Å²) in [5.41, 5.74) is 1.60. The topological polar surface area (TPSA) is 88.4 Å². The summed E-state index contributed by atoms with van der Waals surface area (Å²) < 4.78 is 16.3. The monoisotopic (exact) mass is 362 g/mol. The van der Waals surface area contributed by atoms with E-state index in [0.717, 1.165) is 12.0 Å². The number of aryl methyl sites for hydroxylation is 1. The number of hydrogen-bond acceptors (Lipinski definition) is 6. The summed E-state index contributed by atoms with van der Waals surface area (Å²) in [5, 5.41) is 29.2. The highest BCUT2D eigenvalue weighted by Gasteiger charge is 2.24. The van der Waals surface area contributed by atoms with Gasteiger partial charge in [-0.15, -0.1) is 0 Å². The lowest BCUT2D eigenvalue weighted by atomic mass is 10.0. The first kappa shape index (κ1) is 20.0. The number of rotatable bonds is 10. The first-order chi connectivity index (χ1) is 12.6. The average molecular weight is 362 g/mol. The number of ether oxygens (including phenoxy) is 3. The third-order valence-corrected chi connectivity index (χ3v) is 4.10. The Kier molecular flexibility index (Phi) is 7.72. The molecule has 2 aromatic carbocycles. The molecule has 26 heavy (non-hydrogen) atoms. The van der Waals surface area contributed by atoms with E-state index in [2.05, 4.69) is 0 Å². The molecule has 0 aliphatic carbocycles. The maximum atomic E-state index is 10.6. The molecule has 0 bridgehead atoms. The summed E-state index contributed by atoms with van der Waals surface area (Å²) in [6.45, 7) is -0.242. The van der Waals surface area contributed by atoms with Gasteiger partial charge >= 0.3 is 0 Å². The number of methoxy groups -OCH3 is 2. The van der Waals surface area contributed by atoms with E-state index in [1.54, 1.807) is 37.4 Å². The highest BCUT2D eigenvalue weighted by atomic mass is 16.5. The van der Waals surface area contributed by atoms with Gasteiger partial charge in [-0.05, 0) is 48.2 Å². The van der Waals surface area contributed by atoms with Crippen LogP contribution in [0.4, 0.5) is 0 Å². The van der Waals surface area contributed by atoms with Crippen LogP contribution in [0.2, 0.25) is 0 Å². The van der Waals surface area contributed by atoms with Crippen molar-refractivity contribution in [3.63, 3.8) is 0 Å². The Hall–Kier alpha value is -2.28. The van der Waals surface area contributed by atoms with Crippen LogP contribution in [-0.2, 0) is 6.42 Å². The molecule has 0 saturated carbocycles. The van der Waals surface area contributed by atoms with Gasteiger partial charge in [0, 0.05) is 6.61 Å². The van der Waals surface area contributed by atoms with E-state index >= 15 is 0 Å². The summed E-state index contributed by atoms with van der Waals surface area (Å²) >= 11 is 0. The Morgan fingerprint density at radius 2 is 1.77 bits per heavy atom. The minimum absolute atomic E-state index is 0.125. The van der Waals surface area contributed by atoms with Crippen LogP contribution < -0.4 is 14.2 Å². The lowest BCUT2D eigenvalue weighted by Gasteiger charge is -2.24. The third kappa shape index (κ3) is 5.11. The van der Waals surface area contributed by atoms with Crippen LogP contribution in [0.3, 0.4) is 0 Å². The number of aliphatic hydroxyl groups is 3. The van der Waals surface area contributed by atoms with E-state index in [9.17, 15) is 10.2 Å². The van der Waals surface area contributed by atoms with Gasteiger partial charge in [-0.3, -0.25) is 0 Å². The van der Waals surface area contributed by atoms with E-state index in [1.807, 2.05) is 12.1 Å². The van der Waals surface area contributed by atoms with E-state index in [0.29, 0.717) is 29.2 Å². The van der Waals surface area contributed by atoms with E-state index in [-0.39, 0.29) is 13.2 Å². The molecule has 6 heteroatoms. The first-order valence-electron chi connectivity index (χ1n) is 8.50. The Labute approximate surface area is 153 Å². The van der Waals surface area contributed by atoms with Crippen molar-refractivity contribution in [1.29, 1.82) is 0 Å². The molecule has 2 rings (SSSR count). The third-order valence-electron chi connectivity index (χ3n) is 4.10. The molecule has 0 aliphatic heterocycles. The molecular weight excluding hydrogens is 336 g/mol. The molecule has 0 aliphatic rings. The molecule has 0 unspecified atom stereocenters. The van der Waals surface area contributed by atoms with Gasteiger partial charge in [-0.2, -0.15) is 0 Å². The lowest BCUT2D eigenvalue weighted by Crippen LogP contribution is -2.29. The van der Waals surface area contributed by atoms with Crippen molar-refractivity contribution in [2.24, 2.45) is 0 Å². The van der Waals surface area contributed by atoms with E-state index in [4.69, 9.17) is 19.3 Å². The summed E-state index contributed by atoms with van der Waals surface area (Å²) in [5.74, 6) is 1.56. The highest BCUT2D eigenvalue weighted by molar-refractivity contribution is 5.43. The fourth-order valence-electron chi connectivity index (χ4n) is 2.65. The minimum atomic E-state index is -1.03. The Morgan fingerprint density at radius 1 is 0.962 bits per heavy atom. The Bertz CT molecular complexity index is 688. The second kappa shape index (κ2) is 10.0. The lowest BCUT2D eigenvalue weighted by molar-refractivity contribution is -0.000502. The van der Waals surface area contributed by atoms with Gasteiger partial charge in [0.25, 0.3) is 0 Å². The summed E-state index contributed by atoms with van der Waals surface area (Å²) in [6.07, 6.45) is -0.506. The molecule has 6 nitrogen and oxygen atoms in total. The van der Waals surface area contributed by atoms with Crippen LogP contribution in [0, 0.1) is 0 Å². The maximum absolute atomic E-state index is 10.6. The molecule has 0 radical (unpaired) electrons. The van der Waals surface area contributed by atoms with Crippen LogP contribution in [-0.4, -0.2) is 48.9 Å². The quantitative estimate of drug-likeness (QED) is 0.600. The SMILES string of the molecule is COc1cccc([C@H](O)[C@H](CO)Oc2ccc(CCCO)cc2OC)c1. The normalized spacial score (nSPS) is 13.1. The fourth-order valence-corrected chi connectivity index (χ4v) is 2.65. The van der Waals surface area contributed by atoms with Crippen molar-refractivity contribution >= 4 is 0 Å². The summed E-state index contributed by atoms with van der Waals surface area (Å²) in [6, 6.07) is 12.4. The van der Waals surface area contributed by atoms with Gasteiger partial charge in [0.2, 0.25) is 0 Å². The van der Waals surface area contributed by atoms with Gasteiger partial charge in [0.1, 0.15) is 11.9 Å². The van der Waals surface area contributed by atoms with Crippen LogP contribution in [0.15, 0.2) is 42.5 Å². The average Bonchev–Trinajstić information content (AvgIpc) is 2.70. The molecule has 0 spiro atoms. The molecule has 0 saturated heterocycles. The molecule has 2 aromatic rings.